The smallest absolute Gasteiger partial charge is 0.303 e. The van der Waals surface area contributed by atoms with Gasteiger partial charge >= 0.3 is 5.97 Å². The van der Waals surface area contributed by atoms with Crippen molar-refractivity contribution in [1.29, 1.82) is 0 Å². The van der Waals surface area contributed by atoms with E-state index in [-0.39, 0.29) is 36.0 Å². The van der Waals surface area contributed by atoms with Gasteiger partial charge in [-0.2, -0.15) is 0 Å². The zero-order valence-electron chi connectivity index (χ0n) is 4.85. The fraction of sp³-hybridized carbons (Fsp3) is 0.750. The Kier molecular flexibility index (Phi) is 11.2. The number of aliphatic carboxylic acids is 1. The molecular weight excluding hydrogens is 138 g/mol. The molecule has 8 heavy (non-hydrogen) atoms. The Bertz CT molecular complexity index is 67.1. The van der Waals surface area contributed by atoms with Crippen molar-refractivity contribution in [3.05, 3.63) is 0 Å². The Morgan fingerprint density at radius 3 is 2.25 bits per heavy atom. The molecule has 0 aromatic carbocycles. The fourth-order valence-electron chi connectivity index (χ4n) is 0.218. The van der Waals surface area contributed by atoms with Gasteiger partial charge in [-0.05, 0) is 6.42 Å². The van der Waals surface area contributed by atoms with Gasteiger partial charge in [0.2, 0.25) is 0 Å². The monoisotopic (exact) mass is 145 g/mol. The average Bonchev–Trinajstić information content (AvgIpc) is 1.61. The van der Waals surface area contributed by atoms with E-state index in [1.54, 1.807) is 0 Å². The Labute approximate surface area is 75.5 Å². The molecule has 1 radical (unpaired) electrons. The van der Waals surface area contributed by atoms with Crippen LogP contribution in [0.5, 0.6) is 0 Å². The Morgan fingerprint density at radius 2 is 2.12 bits per heavy atom. The van der Waals surface area contributed by atoms with Crippen LogP contribution < -0.4 is 0 Å². The first-order valence-electron chi connectivity index (χ1n) is 2.05. The number of halogens is 1. The minimum absolute atomic E-state index is 0. The summed E-state index contributed by atoms with van der Waals surface area (Å²) in [6.07, 6.45) is 0.750. The molecule has 4 heteroatoms. The summed E-state index contributed by atoms with van der Waals surface area (Å²) in [5.41, 5.74) is 0. The maximum absolute atomic E-state index is 9.70. The van der Waals surface area contributed by atoms with Crippen molar-refractivity contribution in [2.75, 3.05) is 5.88 Å². The summed E-state index contributed by atoms with van der Waals surface area (Å²) in [7, 11) is 0. The number of rotatable bonds is 3. The van der Waals surface area contributed by atoms with Gasteiger partial charge in [0.1, 0.15) is 0 Å². The van der Waals surface area contributed by atoms with E-state index >= 15 is 0 Å². The molecule has 0 aromatic rings. The van der Waals surface area contributed by atoms with Crippen LogP contribution in [0, 0.1) is 0 Å². The Hall–Kier alpha value is 0.760. The largest absolute Gasteiger partial charge is 0.481 e. The van der Waals surface area contributed by atoms with Gasteiger partial charge in [-0.1, -0.05) is 0 Å². The zero-order chi connectivity index (χ0) is 5.70. The zero-order valence-corrected chi connectivity index (χ0v) is 7.61. The number of carboxylic acids is 1. The molecule has 0 amide bonds. The van der Waals surface area contributed by atoms with E-state index in [1.165, 1.54) is 0 Å². The Morgan fingerprint density at radius 1 is 1.62 bits per heavy atom. The first-order valence-corrected chi connectivity index (χ1v) is 2.58. The van der Waals surface area contributed by atoms with Crippen molar-refractivity contribution < 1.29 is 9.90 Å². The molecule has 0 aromatic heterocycles. The molecule has 0 atom stereocenters. The van der Waals surface area contributed by atoms with Crippen molar-refractivity contribution in [3.8, 4) is 0 Å². The predicted molar refractivity (Wildman–Crippen MR) is 33.3 cm³/mol. The number of hydrogen-bond acceptors (Lipinski definition) is 1. The minimum Gasteiger partial charge on any atom is -0.481 e. The number of hydrogen-bond donors (Lipinski definition) is 1. The van der Waals surface area contributed by atoms with Gasteiger partial charge in [0, 0.05) is 41.9 Å². The molecule has 0 saturated heterocycles. The van der Waals surface area contributed by atoms with E-state index in [0.29, 0.717) is 12.3 Å². The number of carbonyl (C=O) groups is 1. The molecule has 0 bridgehead atoms. The summed E-state index contributed by atoms with van der Waals surface area (Å²) >= 11 is 5.18. The van der Waals surface area contributed by atoms with Crippen molar-refractivity contribution >= 4 is 47.1 Å². The predicted octanol–water partition coefficient (Wildman–Crippen LogP) is 0.709. The summed E-state index contributed by atoms with van der Waals surface area (Å²) in [5.74, 6) is -0.340. The van der Waals surface area contributed by atoms with Gasteiger partial charge in [0.05, 0.1) is 0 Å². The summed E-state index contributed by atoms with van der Waals surface area (Å²) in [4.78, 5) is 9.70. The topological polar surface area (TPSA) is 37.3 Å². The molecule has 0 aliphatic carbocycles. The molecule has 0 heterocycles. The van der Waals surface area contributed by atoms with Crippen molar-refractivity contribution in [3.63, 3.8) is 0 Å². The third kappa shape index (κ3) is 9.90. The normalized spacial score (nSPS) is 7.62. The van der Waals surface area contributed by atoms with Crippen LogP contribution >= 0.6 is 11.6 Å². The molecule has 0 rings (SSSR count). The second kappa shape index (κ2) is 7.76. The summed E-state index contributed by atoms with van der Waals surface area (Å²) < 4.78 is 0. The molecule has 0 aliphatic heterocycles. The van der Waals surface area contributed by atoms with Gasteiger partial charge in [-0.25, -0.2) is 0 Å². The van der Waals surface area contributed by atoms with Crippen LogP contribution in [-0.2, 0) is 4.79 Å². The van der Waals surface area contributed by atoms with Gasteiger partial charge < -0.3 is 5.11 Å². The summed E-state index contributed by atoms with van der Waals surface area (Å²) in [5, 5.41) is 7.99. The fourth-order valence-corrected chi connectivity index (χ4v) is 0.352. The van der Waals surface area contributed by atoms with E-state index in [4.69, 9.17) is 16.7 Å². The van der Waals surface area contributed by atoms with Crippen LogP contribution in [-0.4, -0.2) is 46.5 Å². The first kappa shape index (κ1) is 11.5. The van der Waals surface area contributed by atoms with Crippen molar-refractivity contribution in [2.45, 2.75) is 12.8 Å². The Balaban J connectivity index is 0. The molecule has 43 valence electrons. The molecular formula is C4H7ClNaO2. The molecule has 1 N–H and O–H groups in total. The van der Waals surface area contributed by atoms with Crippen molar-refractivity contribution in [1.82, 2.24) is 0 Å². The molecule has 0 fully saturated rings. The third-order valence-corrected chi connectivity index (χ3v) is 0.792. The van der Waals surface area contributed by atoms with Crippen LogP contribution in [0.2, 0.25) is 0 Å². The van der Waals surface area contributed by atoms with E-state index in [1.807, 2.05) is 0 Å². The van der Waals surface area contributed by atoms with Crippen LogP contribution in [0.3, 0.4) is 0 Å². The first-order chi connectivity index (χ1) is 3.27. The second-order valence-corrected chi connectivity index (χ2v) is 1.56. The maximum Gasteiger partial charge on any atom is 0.303 e. The van der Waals surface area contributed by atoms with Gasteiger partial charge in [0.15, 0.2) is 0 Å². The SMILES string of the molecule is O=C(O)CCCCl.[Na]. The van der Waals surface area contributed by atoms with Gasteiger partial charge in [-0.15, -0.1) is 11.6 Å². The minimum atomic E-state index is -0.777. The van der Waals surface area contributed by atoms with Crippen LogP contribution in [0.1, 0.15) is 12.8 Å². The quantitative estimate of drug-likeness (QED) is 0.469. The van der Waals surface area contributed by atoms with E-state index in [9.17, 15) is 4.79 Å². The van der Waals surface area contributed by atoms with E-state index < -0.39 is 5.97 Å². The van der Waals surface area contributed by atoms with Gasteiger partial charge in [0.25, 0.3) is 0 Å². The maximum atomic E-state index is 9.70. The van der Waals surface area contributed by atoms with Crippen LogP contribution in [0.4, 0.5) is 0 Å². The van der Waals surface area contributed by atoms with E-state index in [0.717, 1.165) is 0 Å². The van der Waals surface area contributed by atoms with Gasteiger partial charge in [-0.3, -0.25) is 4.79 Å². The summed E-state index contributed by atoms with van der Waals surface area (Å²) in [6.45, 7) is 0. The molecule has 0 saturated carbocycles. The third-order valence-electron chi connectivity index (χ3n) is 0.524. The molecule has 2 nitrogen and oxygen atoms in total. The van der Waals surface area contributed by atoms with Crippen LogP contribution in [0.15, 0.2) is 0 Å². The average molecular weight is 146 g/mol. The van der Waals surface area contributed by atoms with E-state index in [2.05, 4.69) is 0 Å². The molecule has 0 aliphatic rings. The molecule has 0 spiro atoms. The van der Waals surface area contributed by atoms with Crippen molar-refractivity contribution in [2.24, 2.45) is 0 Å². The summed E-state index contributed by atoms with van der Waals surface area (Å²) in [6, 6.07) is 0. The standard InChI is InChI=1S/C4H7ClO2.Na/c5-3-1-2-4(6)7;/h1-3H2,(H,6,7);. The van der Waals surface area contributed by atoms with Crippen LogP contribution in [0.25, 0.3) is 0 Å². The second-order valence-electron chi connectivity index (χ2n) is 1.19. The molecule has 0 unspecified atom stereocenters. The number of carboxylic acid groups (broad SMARTS) is 1. The number of alkyl halides is 1.